The Morgan fingerprint density at radius 1 is 1.24 bits per heavy atom. The lowest BCUT2D eigenvalue weighted by atomic mass is 9.67. The molecule has 2 fully saturated rings. The number of hydrogen-bond acceptors (Lipinski definition) is 7. The lowest BCUT2D eigenvalue weighted by Crippen LogP contribution is -2.54. The quantitative estimate of drug-likeness (QED) is 0.406. The SMILES string of the molecule is C=C1C(=O)OC2C(C)C3C=CC(=O)[C@@]3(C)C(OC(=O)C(C)=CC)C1[C@@H]2OC(C)=O. The van der Waals surface area contributed by atoms with E-state index in [1.807, 2.05) is 6.92 Å². The molecule has 0 aromatic carbocycles. The first kappa shape index (κ1) is 21.0. The standard InChI is InChI=1S/C22H26O7/c1-7-10(2)20(25)29-19-16-12(4)21(26)28-17(18(16)27-13(5)23)11(3)14-8-9-15(24)22(14,19)6/h7-9,11,14,16-19H,4H2,1-3,5-6H3/t11?,14?,16?,17?,18-,19?,22-/m0/s1. The van der Waals surface area contributed by atoms with Gasteiger partial charge in [-0.25, -0.2) is 9.59 Å². The Kier molecular flexibility index (Phi) is 5.28. The average Bonchev–Trinajstić information content (AvgIpc) is 2.94. The lowest BCUT2D eigenvalue weighted by Gasteiger charge is -2.42. The normalized spacial score (nSPS) is 38.8. The van der Waals surface area contributed by atoms with Gasteiger partial charge in [0.1, 0.15) is 18.3 Å². The maximum Gasteiger partial charge on any atom is 0.334 e. The summed E-state index contributed by atoms with van der Waals surface area (Å²) in [6.07, 6.45) is 2.12. The van der Waals surface area contributed by atoms with Gasteiger partial charge in [-0.1, -0.05) is 25.7 Å². The summed E-state index contributed by atoms with van der Waals surface area (Å²) in [7, 11) is 0. The third-order valence-corrected chi connectivity index (χ3v) is 6.56. The van der Waals surface area contributed by atoms with Crippen molar-refractivity contribution in [2.75, 3.05) is 0 Å². The van der Waals surface area contributed by atoms with Crippen molar-refractivity contribution in [3.8, 4) is 0 Å². The number of rotatable bonds is 3. The monoisotopic (exact) mass is 402 g/mol. The molecule has 1 heterocycles. The largest absolute Gasteiger partial charge is 0.458 e. The molecule has 0 N–H and O–H groups in total. The van der Waals surface area contributed by atoms with E-state index in [1.165, 1.54) is 13.0 Å². The zero-order valence-corrected chi connectivity index (χ0v) is 17.3. The van der Waals surface area contributed by atoms with Crippen LogP contribution in [0.4, 0.5) is 0 Å². The molecule has 5 unspecified atom stereocenters. The first-order chi connectivity index (χ1) is 13.5. The Labute approximate surface area is 169 Å². The molecule has 3 aliphatic rings. The Balaban J connectivity index is 2.20. The highest BCUT2D eigenvalue weighted by molar-refractivity contribution is 5.99. The van der Waals surface area contributed by atoms with E-state index < -0.39 is 47.6 Å². The van der Waals surface area contributed by atoms with Crippen molar-refractivity contribution in [1.82, 2.24) is 0 Å². The average molecular weight is 402 g/mol. The molecule has 1 saturated carbocycles. The van der Waals surface area contributed by atoms with Gasteiger partial charge in [-0.05, 0) is 32.8 Å². The zero-order chi connectivity index (χ0) is 21.7. The summed E-state index contributed by atoms with van der Waals surface area (Å²) in [6.45, 7) is 12.0. The van der Waals surface area contributed by atoms with Gasteiger partial charge in [0.25, 0.3) is 0 Å². The number of esters is 3. The molecule has 0 aromatic rings. The smallest absolute Gasteiger partial charge is 0.334 e. The summed E-state index contributed by atoms with van der Waals surface area (Å²) in [5.41, 5.74) is -0.750. The highest BCUT2D eigenvalue weighted by Crippen LogP contribution is 2.55. The molecule has 0 aromatic heterocycles. The van der Waals surface area contributed by atoms with Crippen molar-refractivity contribution >= 4 is 23.7 Å². The van der Waals surface area contributed by atoms with Crippen LogP contribution < -0.4 is 0 Å². The molecule has 156 valence electrons. The zero-order valence-electron chi connectivity index (χ0n) is 17.3. The fraction of sp³-hybridized carbons (Fsp3) is 0.545. The molecule has 0 amide bonds. The van der Waals surface area contributed by atoms with Crippen LogP contribution in [0, 0.1) is 23.2 Å². The summed E-state index contributed by atoms with van der Waals surface area (Å²) in [5.74, 6) is -3.62. The van der Waals surface area contributed by atoms with E-state index in [1.54, 1.807) is 32.9 Å². The molecule has 3 rings (SSSR count). The number of carbonyl (C=O) groups excluding carboxylic acids is 4. The Morgan fingerprint density at radius 2 is 1.90 bits per heavy atom. The van der Waals surface area contributed by atoms with Crippen molar-refractivity contribution < 1.29 is 33.4 Å². The fourth-order valence-corrected chi connectivity index (χ4v) is 4.78. The summed E-state index contributed by atoms with van der Waals surface area (Å²) in [6, 6.07) is 0. The van der Waals surface area contributed by atoms with E-state index in [0.717, 1.165) is 0 Å². The predicted octanol–water partition coefficient (Wildman–Crippen LogP) is 2.31. The first-order valence-electron chi connectivity index (χ1n) is 9.67. The van der Waals surface area contributed by atoms with E-state index in [0.29, 0.717) is 5.57 Å². The third-order valence-electron chi connectivity index (χ3n) is 6.56. The molecule has 0 spiro atoms. The second-order valence-electron chi connectivity index (χ2n) is 8.18. The van der Waals surface area contributed by atoms with Crippen molar-refractivity contribution in [1.29, 1.82) is 0 Å². The van der Waals surface area contributed by atoms with Crippen LogP contribution in [0.3, 0.4) is 0 Å². The molecule has 0 radical (unpaired) electrons. The summed E-state index contributed by atoms with van der Waals surface area (Å²) in [5, 5.41) is 0. The number of ether oxygens (including phenoxy) is 3. The van der Waals surface area contributed by atoms with Crippen LogP contribution in [0.2, 0.25) is 0 Å². The number of ketones is 1. The number of fused-ring (bicyclic) bond motifs is 3. The second-order valence-corrected chi connectivity index (χ2v) is 8.18. The van der Waals surface area contributed by atoms with Gasteiger partial charge in [0.15, 0.2) is 5.78 Å². The van der Waals surface area contributed by atoms with Crippen molar-refractivity contribution in [2.45, 2.75) is 52.9 Å². The van der Waals surface area contributed by atoms with Crippen LogP contribution in [-0.2, 0) is 33.4 Å². The lowest BCUT2D eigenvalue weighted by molar-refractivity contribution is -0.187. The fourth-order valence-electron chi connectivity index (χ4n) is 4.78. The van der Waals surface area contributed by atoms with Crippen LogP contribution in [0.1, 0.15) is 34.6 Å². The highest BCUT2D eigenvalue weighted by atomic mass is 16.6. The van der Waals surface area contributed by atoms with Gasteiger partial charge in [0, 0.05) is 24.0 Å². The van der Waals surface area contributed by atoms with E-state index in [2.05, 4.69) is 6.58 Å². The van der Waals surface area contributed by atoms with Gasteiger partial charge in [-0.2, -0.15) is 0 Å². The number of allylic oxidation sites excluding steroid dienone is 3. The highest BCUT2D eigenvalue weighted by Gasteiger charge is 2.65. The van der Waals surface area contributed by atoms with Gasteiger partial charge < -0.3 is 14.2 Å². The van der Waals surface area contributed by atoms with E-state index in [9.17, 15) is 19.2 Å². The van der Waals surface area contributed by atoms with E-state index in [4.69, 9.17) is 14.2 Å². The van der Waals surface area contributed by atoms with Crippen molar-refractivity contribution in [3.05, 3.63) is 36.0 Å². The number of hydrogen-bond donors (Lipinski definition) is 0. The van der Waals surface area contributed by atoms with Crippen LogP contribution in [0.5, 0.6) is 0 Å². The van der Waals surface area contributed by atoms with Crippen LogP contribution in [0.15, 0.2) is 36.0 Å². The van der Waals surface area contributed by atoms with E-state index >= 15 is 0 Å². The predicted molar refractivity (Wildman–Crippen MR) is 102 cm³/mol. The third kappa shape index (κ3) is 3.12. The van der Waals surface area contributed by atoms with Gasteiger partial charge in [-0.3, -0.25) is 9.59 Å². The molecular weight excluding hydrogens is 376 g/mol. The summed E-state index contributed by atoms with van der Waals surface area (Å²) < 4.78 is 17.0. The minimum absolute atomic E-state index is 0.0252. The minimum atomic E-state index is -1.14. The van der Waals surface area contributed by atoms with Gasteiger partial charge in [0.2, 0.25) is 0 Å². The van der Waals surface area contributed by atoms with Gasteiger partial charge >= 0.3 is 17.9 Å². The minimum Gasteiger partial charge on any atom is -0.458 e. The maximum absolute atomic E-state index is 13.0. The molecule has 7 heteroatoms. The Bertz CT molecular complexity index is 851. The van der Waals surface area contributed by atoms with Gasteiger partial charge in [-0.15, -0.1) is 0 Å². The molecule has 29 heavy (non-hydrogen) atoms. The molecular formula is C22H26O7. The topological polar surface area (TPSA) is 96.0 Å². The van der Waals surface area contributed by atoms with Crippen LogP contribution >= 0.6 is 0 Å². The van der Waals surface area contributed by atoms with Crippen LogP contribution in [0.25, 0.3) is 0 Å². The molecule has 2 aliphatic carbocycles. The second kappa shape index (κ2) is 7.28. The van der Waals surface area contributed by atoms with E-state index in [-0.39, 0.29) is 23.2 Å². The maximum atomic E-state index is 13.0. The van der Waals surface area contributed by atoms with Crippen molar-refractivity contribution in [2.24, 2.45) is 23.2 Å². The first-order valence-corrected chi connectivity index (χ1v) is 9.67. The Morgan fingerprint density at radius 3 is 2.48 bits per heavy atom. The molecule has 1 saturated heterocycles. The van der Waals surface area contributed by atoms with Crippen molar-refractivity contribution in [3.63, 3.8) is 0 Å². The van der Waals surface area contributed by atoms with Gasteiger partial charge in [0.05, 0.1) is 11.3 Å². The molecule has 7 atom stereocenters. The Hall–Kier alpha value is -2.70. The molecule has 2 bridgehead atoms. The summed E-state index contributed by atoms with van der Waals surface area (Å²) >= 11 is 0. The molecule has 1 aliphatic heterocycles. The van der Waals surface area contributed by atoms with Crippen LogP contribution in [-0.4, -0.2) is 42.0 Å². The summed E-state index contributed by atoms with van der Waals surface area (Å²) in [4.78, 5) is 50.1. The molecule has 7 nitrogen and oxygen atoms in total. The number of carbonyl (C=O) groups is 4.